The molecule has 4 N–H and O–H groups in total. The first kappa shape index (κ1) is 29.6. The number of allylic oxidation sites excluding steroid dienone is 5. The minimum atomic E-state index is -0.715. The van der Waals surface area contributed by atoms with E-state index in [1.54, 1.807) is 6.08 Å². The lowest BCUT2D eigenvalue weighted by atomic mass is 9.66. The summed E-state index contributed by atoms with van der Waals surface area (Å²) in [5.41, 5.74) is 8.14. The first-order valence-corrected chi connectivity index (χ1v) is 13.7. The average molecular weight is 527 g/mol. The number of piperidine rings is 1. The molecule has 38 heavy (non-hydrogen) atoms. The summed E-state index contributed by atoms with van der Waals surface area (Å²) in [6.07, 6.45) is 17.8. The molecule has 3 rings (SSSR count). The molecule has 8 heteroatoms. The highest BCUT2D eigenvalue weighted by Crippen LogP contribution is 2.51. The minimum Gasteiger partial charge on any atom is -0.402 e. The van der Waals surface area contributed by atoms with Gasteiger partial charge in [0.2, 0.25) is 0 Å². The van der Waals surface area contributed by atoms with Crippen LogP contribution in [0.2, 0.25) is 0 Å². The van der Waals surface area contributed by atoms with Gasteiger partial charge >= 0.3 is 0 Å². The third-order valence-corrected chi connectivity index (χ3v) is 8.35. The summed E-state index contributed by atoms with van der Waals surface area (Å²) in [4.78, 5) is 11.1. The monoisotopic (exact) mass is 526 g/mol. The van der Waals surface area contributed by atoms with E-state index in [9.17, 15) is 8.78 Å². The number of rotatable bonds is 9. The van der Waals surface area contributed by atoms with E-state index in [0.29, 0.717) is 29.7 Å². The number of hydrogen-bond donors (Lipinski definition) is 3. The summed E-state index contributed by atoms with van der Waals surface area (Å²) in [5.74, 6) is 0.326. The van der Waals surface area contributed by atoms with Crippen molar-refractivity contribution in [2.45, 2.75) is 64.8 Å². The molecular weight excluding hydrogens is 482 g/mol. The maximum Gasteiger partial charge on any atom is 0.164 e. The van der Waals surface area contributed by atoms with Gasteiger partial charge in [-0.15, -0.1) is 0 Å². The molecule has 0 radical (unpaired) electrons. The van der Waals surface area contributed by atoms with Crippen molar-refractivity contribution in [3.63, 3.8) is 0 Å². The van der Waals surface area contributed by atoms with E-state index in [2.05, 4.69) is 59.2 Å². The van der Waals surface area contributed by atoms with Gasteiger partial charge in [0.1, 0.15) is 18.2 Å². The molecule has 6 nitrogen and oxygen atoms in total. The van der Waals surface area contributed by atoms with Crippen molar-refractivity contribution >= 4 is 11.5 Å². The van der Waals surface area contributed by atoms with E-state index in [-0.39, 0.29) is 17.8 Å². The van der Waals surface area contributed by atoms with Crippen LogP contribution in [0.15, 0.2) is 82.3 Å². The fourth-order valence-electron chi connectivity index (χ4n) is 5.90. The Morgan fingerprint density at radius 1 is 1.29 bits per heavy atom. The van der Waals surface area contributed by atoms with Gasteiger partial charge < -0.3 is 21.3 Å². The lowest BCUT2D eigenvalue weighted by molar-refractivity contribution is 0.151. The molecular formula is C30H44F2N6. The molecule has 0 aromatic rings. The Hall–Kier alpha value is -3.00. The van der Waals surface area contributed by atoms with Crippen LogP contribution in [0.1, 0.15) is 58.8 Å². The normalized spacial score (nSPS) is 24.3. The maximum absolute atomic E-state index is 15.0. The molecule has 1 saturated carbocycles. The summed E-state index contributed by atoms with van der Waals surface area (Å²) in [7, 11) is 2.06. The van der Waals surface area contributed by atoms with Crippen LogP contribution < -0.4 is 16.4 Å². The number of nitrogens with two attached hydrogens (primary N) is 1. The SMILES string of the molecule is C=C/C(=N\C=C(/C)C1CCNCC1)NC/N=C(C(\F)=C/N)/C(/C=C/F)=C/C1=CN(C)C(C)C12CCCCC2. The molecule has 1 unspecified atom stereocenters. The summed E-state index contributed by atoms with van der Waals surface area (Å²) < 4.78 is 28.5. The molecule has 1 spiro atoms. The third kappa shape index (κ3) is 7.10. The summed E-state index contributed by atoms with van der Waals surface area (Å²) in [6, 6.07) is 0.314. The number of halogens is 2. The summed E-state index contributed by atoms with van der Waals surface area (Å²) in [5, 5.41) is 6.45. The predicted octanol–water partition coefficient (Wildman–Crippen LogP) is 5.81. The van der Waals surface area contributed by atoms with Gasteiger partial charge in [-0.2, -0.15) is 0 Å². The zero-order valence-corrected chi connectivity index (χ0v) is 23.1. The van der Waals surface area contributed by atoms with Gasteiger partial charge in [0, 0.05) is 42.7 Å². The van der Waals surface area contributed by atoms with Crippen LogP contribution in [0.4, 0.5) is 8.78 Å². The zero-order valence-electron chi connectivity index (χ0n) is 23.1. The molecule has 2 fully saturated rings. The van der Waals surface area contributed by atoms with E-state index >= 15 is 0 Å². The van der Waals surface area contributed by atoms with Gasteiger partial charge in [0.15, 0.2) is 5.83 Å². The molecule has 2 aliphatic heterocycles. The van der Waals surface area contributed by atoms with E-state index < -0.39 is 5.83 Å². The van der Waals surface area contributed by atoms with Crippen molar-refractivity contribution in [1.29, 1.82) is 0 Å². The van der Waals surface area contributed by atoms with Crippen molar-refractivity contribution in [1.82, 2.24) is 15.5 Å². The molecule has 3 aliphatic rings. The second kappa shape index (κ2) is 14.2. The Balaban J connectivity index is 1.84. The standard InChI is InChI=1S/C30H44F2N6/c1-5-28(35-19-22(2)24-10-15-34-16-11-24)36-21-37-29(27(32)18-33)25(9-14-31)17-26-20-38(4)23(3)30(26)12-7-6-8-13-30/h5,9,14,17-20,23-24,34H,1,6-8,10-13,15-16,21,33H2,2-4H3,(H,35,36)/b14-9+,22-19+,25-17+,27-18+,37-29-. The molecule has 208 valence electrons. The van der Waals surface area contributed by atoms with Gasteiger partial charge in [-0.05, 0) is 82.3 Å². The number of nitrogens with zero attached hydrogens (tertiary/aromatic N) is 3. The topological polar surface area (TPSA) is 78.0 Å². The van der Waals surface area contributed by atoms with Gasteiger partial charge in [0.25, 0.3) is 0 Å². The Morgan fingerprint density at radius 2 is 2.00 bits per heavy atom. The number of nitrogens with one attached hydrogen (secondary N) is 2. The molecule has 0 aromatic heterocycles. The van der Waals surface area contributed by atoms with Crippen molar-refractivity contribution in [2.24, 2.45) is 27.1 Å². The highest BCUT2D eigenvalue weighted by Gasteiger charge is 2.45. The molecule has 0 bridgehead atoms. The quantitative estimate of drug-likeness (QED) is 0.201. The highest BCUT2D eigenvalue weighted by atomic mass is 19.1. The van der Waals surface area contributed by atoms with E-state index in [1.807, 2.05) is 12.3 Å². The average Bonchev–Trinajstić information content (AvgIpc) is 3.16. The van der Waals surface area contributed by atoms with Gasteiger partial charge in [-0.25, -0.2) is 13.8 Å². The molecule has 1 atom stereocenters. The van der Waals surface area contributed by atoms with Crippen LogP contribution in [-0.4, -0.2) is 49.3 Å². The van der Waals surface area contributed by atoms with Crippen molar-refractivity contribution in [2.75, 3.05) is 26.8 Å². The summed E-state index contributed by atoms with van der Waals surface area (Å²) in [6.45, 7) is 10.2. The number of aliphatic imine (C=N–C) groups is 2. The Bertz CT molecular complexity index is 1040. The smallest absolute Gasteiger partial charge is 0.164 e. The lowest BCUT2D eigenvalue weighted by Crippen LogP contribution is -2.39. The van der Waals surface area contributed by atoms with E-state index in [4.69, 9.17) is 5.73 Å². The van der Waals surface area contributed by atoms with E-state index in [0.717, 1.165) is 63.4 Å². The van der Waals surface area contributed by atoms with Crippen molar-refractivity contribution in [3.05, 3.63) is 72.3 Å². The summed E-state index contributed by atoms with van der Waals surface area (Å²) >= 11 is 0. The second-order valence-corrected chi connectivity index (χ2v) is 10.5. The number of amidine groups is 1. The first-order chi connectivity index (χ1) is 18.4. The second-order valence-electron chi connectivity index (χ2n) is 10.5. The van der Waals surface area contributed by atoms with Crippen LogP contribution in [0.5, 0.6) is 0 Å². The largest absolute Gasteiger partial charge is 0.402 e. The first-order valence-electron chi connectivity index (χ1n) is 13.7. The molecule has 1 saturated heterocycles. The maximum atomic E-state index is 15.0. The van der Waals surface area contributed by atoms with Crippen molar-refractivity contribution in [3.8, 4) is 0 Å². The van der Waals surface area contributed by atoms with E-state index in [1.165, 1.54) is 18.1 Å². The van der Waals surface area contributed by atoms with Crippen LogP contribution in [0.25, 0.3) is 0 Å². The van der Waals surface area contributed by atoms with Crippen LogP contribution >= 0.6 is 0 Å². The van der Waals surface area contributed by atoms with Crippen LogP contribution in [0, 0.1) is 11.3 Å². The zero-order chi connectivity index (χ0) is 27.5. The predicted molar refractivity (Wildman–Crippen MR) is 155 cm³/mol. The number of hydrogen-bond acceptors (Lipinski definition) is 5. The Kier molecular flexibility index (Phi) is 11.1. The third-order valence-electron chi connectivity index (χ3n) is 8.35. The lowest BCUT2D eigenvalue weighted by Gasteiger charge is -2.41. The Labute approximate surface area is 226 Å². The highest BCUT2D eigenvalue weighted by molar-refractivity contribution is 6.13. The van der Waals surface area contributed by atoms with Gasteiger partial charge in [-0.3, -0.25) is 4.99 Å². The molecule has 1 aliphatic carbocycles. The Morgan fingerprint density at radius 3 is 2.63 bits per heavy atom. The molecule has 0 amide bonds. The minimum absolute atomic E-state index is 0.00666. The fraction of sp³-hybridized carbons (Fsp3) is 0.533. The van der Waals surface area contributed by atoms with Crippen molar-refractivity contribution < 1.29 is 8.78 Å². The molecule has 2 heterocycles. The van der Waals surface area contributed by atoms with Crippen LogP contribution in [-0.2, 0) is 0 Å². The van der Waals surface area contributed by atoms with Gasteiger partial charge in [0.05, 0.1) is 6.33 Å². The van der Waals surface area contributed by atoms with Gasteiger partial charge in [-0.1, -0.05) is 31.4 Å². The molecule has 0 aromatic carbocycles. The van der Waals surface area contributed by atoms with Crippen LogP contribution in [0.3, 0.4) is 0 Å². The fourth-order valence-corrected chi connectivity index (χ4v) is 5.90.